The van der Waals surface area contributed by atoms with Gasteiger partial charge in [0, 0.05) is 26.2 Å². The summed E-state index contributed by atoms with van der Waals surface area (Å²) in [6.45, 7) is 5.04. The number of unbranched alkanes of at least 4 members (excludes halogenated alkanes) is 1. The predicted molar refractivity (Wildman–Crippen MR) is 132 cm³/mol. The molecule has 0 aromatic heterocycles. The largest absolute Gasteiger partial charge is 0.494 e. The summed E-state index contributed by atoms with van der Waals surface area (Å²) in [5.74, 6) is 0.709. The van der Waals surface area contributed by atoms with Crippen LogP contribution in [0.1, 0.15) is 36.9 Å². The molecule has 0 amide bonds. The zero-order chi connectivity index (χ0) is 23.1. The Kier molecular flexibility index (Phi) is 7.81. The fourth-order valence-corrected chi connectivity index (χ4v) is 5.70. The van der Waals surface area contributed by atoms with E-state index in [1.54, 1.807) is 28.6 Å². The van der Waals surface area contributed by atoms with E-state index in [9.17, 15) is 8.42 Å². The molecule has 3 aromatic rings. The first-order chi connectivity index (χ1) is 16.1. The van der Waals surface area contributed by atoms with Crippen LogP contribution in [0.4, 0.5) is 0 Å². The summed E-state index contributed by atoms with van der Waals surface area (Å²) in [6, 6.07) is 27.8. The Labute approximate surface area is 197 Å². The lowest BCUT2D eigenvalue weighted by atomic mass is 9.96. The molecule has 4 rings (SSSR count). The van der Waals surface area contributed by atoms with E-state index in [-0.39, 0.29) is 6.04 Å². The van der Waals surface area contributed by atoms with Gasteiger partial charge in [-0.15, -0.1) is 0 Å². The van der Waals surface area contributed by atoms with Crippen molar-refractivity contribution in [2.75, 3.05) is 32.8 Å². The van der Waals surface area contributed by atoms with Crippen molar-refractivity contribution in [1.29, 1.82) is 0 Å². The van der Waals surface area contributed by atoms with Crippen LogP contribution in [-0.4, -0.2) is 50.4 Å². The number of hydrogen-bond acceptors (Lipinski definition) is 4. The molecule has 0 saturated carbocycles. The summed E-state index contributed by atoms with van der Waals surface area (Å²) in [6.07, 6.45) is 2.05. The average molecular weight is 465 g/mol. The molecule has 0 unspecified atom stereocenters. The third-order valence-electron chi connectivity index (χ3n) is 6.10. The molecule has 1 fully saturated rings. The normalized spacial score (nSPS) is 15.6. The first kappa shape index (κ1) is 23.5. The van der Waals surface area contributed by atoms with E-state index in [4.69, 9.17) is 4.74 Å². The summed E-state index contributed by atoms with van der Waals surface area (Å²) in [4.78, 5) is 2.70. The molecule has 0 N–H and O–H groups in total. The van der Waals surface area contributed by atoms with Gasteiger partial charge in [0.05, 0.1) is 17.5 Å². The van der Waals surface area contributed by atoms with Crippen molar-refractivity contribution >= 4 is 10.0 Å². The van der Waals surface area contributed by atoms with Gasteiger partial charge in [-0.3, -0.25) is 4.90 Å². The van der Waals surface area contributed by atoms with E-state index in [1.807, 2.05) is 12.1 Å². The second-order valence-corrected chi connectivity index (χ2v) is 10.3. The van der Waals surface area contributed by atoms with Crippen molar-refractivity contribution in [3.63, 3.8) is 0 Å². The fourth-order valence-electron chi connectivity index (χ4n) is 4.28. The van der Waals surface area contributed by atoms with E-state index >= 15 is 0 Å². The van der Waals surface area contributed by atoms with E-state index < -0.39 is 10.0 Å². The lowest BCUT2D eigenvalue weighted by Crippen LogP contribution is -2.49. The number of sulfonamides is 1. The summed E-state index contributed by atoms with van der Waals surface area (Å²) in [7, 11) is -3.53. The van der Waals surface area contributed by atoms with Crippen LogP contribution in [0, 0.1) is 0 Å². The summed E-state index contributed by atoms with van der Waals surface area (Å²) < 4.78 is 33.8. The van der Waals surface area contributed by atoms with Gasteiger partial charge in [0.2, 0.25) is 10.0 Å². The van der Waals surface area contributed by atoms with E-state index in [1.165, 1.54) is 11.1 Å². The molecule has 5 nitrogen and oxygen atoms in total. The Hall–Kier alpha value is -2.67. The number of benzene rings is 3. The maximum Gasteiger partial charge on any atom is 0.243 e. The summed E-state index contributed by atoms with van der Waals surface area (Å²) in [5, 5.41) is 0. The first-order valence-electron chi connectivity index (χ1n) is 11.7. The van der Waals surface area contributed by atoms with Crippen molar-refractivity contribution in [3.05, 3.63) is 96.1 Å². The summed E-state index contributed by atoms with van der Waals surface area (Å²) >= 11 is 0. The Bertz CT molecular complexity index is 1060. The van der Waals surface area contributed by atoms with Crippen LogP contribution in [0.3, 0.4) is 0 Å². The zero-order valence-electron chi connectivity index (χ0n) is 19.1. The van der Waals surface area contributed by atoms with Crippen LogP contribution in [-0.2, 0) is 10.0 Å². The Morgan fingerprint density at radius 3 is 1.85 bits per heavy atom. The number of nitrogens with zero attached hydrogens (tertiary/aromatic N) is 2. The second-order valence-electron chi connectivity index (χ2n) is 8.34. The maximum atomic E-state index is 13.2. The van der Waals surface area contributed by atoms with Gasteiger partial charge < -0.3 is 4.74 Å². The van der Waals surface area contributed by atoms with Crippen LogP contribution in [0.25, 0.3) is 0 Å². The standard InChI is InChI=1S/C27H32N2O3S/c1-2-3-22-32-25-14-16-26(17-15-25)33(30,31)29-20-18-28(19-21-29)27(23-10-6-4-7-11-23)24-12-8-5-9-13-24/h4-17,27H,2-3,18-22H2,1H3. The molecule has 1 heterocycles. The molecule has 1 saturated heterocycles. The molecule has 0 aliphatic carbocycles. The zero-order valence-corrected chi connectivity index (χ0v) is 20.0. The monoisotopic (exact) mass is 464 g/mol. The minimum atomic E-state index is -3.53. The smallest absolute Gasteiger partial charge is 0.243 e. The van der Waals surface area contributed by atoms with Gasteiger partial charge in [0.25, 0.3) is 0 Å². The SMILES string of the molecule is CCCCOc1ccc(S(=O)(=O)N2CCN(C(c3ccccc3)c3ccccc3)CC2)cc1. The van der Waals surface area contributed by atoms with E-state index in [2.05, 4.69) is 60.4 Å². The average Bonchev–Trinajstić information content (AvgIpc) is 2.86. The van der Waals surface area contributed by atoms with Gasteiger partial charge in [-0.25, -0.2) is 8.42 Å². The highest BCUT2D eigenvalue weighted by atomic mass is 32.2. The van der Waals surface area contributed by atoms with E-state index in [0.717, 1.165) is 12.8 Å². The third-order valence-corrected chi connectivity index (χ3v) is 8.01. The predicted octanol–water partition coefficient (Wildman–Crippen LogP) is 4.96. The highest BCUT2D eigenvalue weighted by Gasteiger charge is 2.32. The molecule has 1 aliphatic heterocycles. The van der Waals surface area contributed by atoms with E-state index in [0.29, 0.717) is 43.4 Å². The minimum Gasteiger partial charge on any atom is -0.494 e. The lowest BCUT2D eigenvalue weighted by molar-refractivity contribution is 0.156. The third kappa shape index (κ3) is 5.64. The molecular weight excluding hydrogens is 432 g/mol. The van der Waals surface area contributed by atoms with Gasteiger partial charge in [-0.2, -0.15) is 4.31 Å². The number of hydrogen-bond donors (Lipinski definition) is 0. The Balaban J connectivity index is 1.46. The Morgan fingerprint density at radius 2 is 1.33 bits per heavy atom. The molecule has 1 aliphatic rings. The quantitative estimate of drug-likeness (QED) is 0.420. The van der Waals surface area contributed by atoms with Gasteiger partial charge >= 0.3 is 0 Å². The van der Waals surface area contributed by atoms with Crippen LogP contribution in [0.5, 0.6) is 5.75 Å². The second kappa shape index (κ2) is 11.0. The van der Waals surface area contributed by atoms with Gasteiger partial charge in [-0.1, -0.05) is 74.0 Å². The number of rotatable bonds is 9. The molecule has 0 bridgehead atoms. The topological polar surface area (TPSA) is 49.9 Å². The van der Waals surface area contributed by atoms with Gasteiger partial charge in [-0.05, 0) is 41.8 Å². The molecule has 0 radical (unpaired) electrons. The molecule has 0 spiro atoms. The van der Waals surface area contributed by atoms with Crippen molar-refractivity contribution < 1.29 is 13.2 Å². The molecule has 3 aromatic carbocycles. The highest BCUT2D eigenvalue weighted by molar-refractivity contribution is 7.89. The van der Waals surface area contributed by atoms with Crippen LogP contribution in [0.2, 0.25) is 0 Å². The van der Waals surface area contributed by atoms with Crippen molar-refractivity contribution in [3.8, 4) is 5.75 Å². The molecule has 33 heavy (non-hydrogen) atoms. The fraction of sp³-hybridized carbons (Fsp3) is 0.333. The molecule has 6 heteroatoms. The van der Waals surface area contributed by atoms with Crippen LogP contribution >= 0.6 is 0 Å². The van der Waals surface area contributed by atoms with Crippen molar-refractivity contribution in [1.82, 2.24) is 9.21 Å². The maximum absolute atomic E-state index is 13.2. The molecule has 174 valence electrons. The minimum absolute atomic E-state index is 0.108. The van der Waals surface area contributed by atoms with Crippen LogP contribution in [0.15, 0.2) is 89.8 Å². The molecular formula is C27H32N2O3S. The number of ether oxygens (including phenoxy) is 1. The van der Waals surface area contributed by atoms with Gasteiger partial charge in [0.1, 0.15) is 5.75 Å². The highest BCUT2D eigenvalue weighted by Crippen LogP contribution is 2.30. The first-order valence-corrected chi connectivity index (χ1v) is 13.1. The van der Waals surface area contributed by atoms with Crippen molar-refractivity contribution in [2.45, 2.75) is 30.7 Å². The Morgan fingerprint density at radius 1 is 0.788 bits per heavy atom. The molecule has 0 atom stereocenters. The number of piperazine rings is 1. The summed E-state index contributed by atoms with van der Waals surface area (Å²) in [5.41, 5.74) is 2.44. The van der Waals surface area contributed by atoms with Gasteiger partial charge in [0.15, 0.2) is 0 Å². The van der Waals surface area contributed by atoms with Crippen LogP contribution < -0.4 is 4.74 Å². The van der Waals surface area contributed by atoms with Crippen molar-refractivity contribution in [2.24, 2.45) is 0 Å². The lowest BCUT2D eigenvalue weighted by Gasteiger charge is -2.39.